The van der Waals surface area contributed by atoms with Crippen LogP contribution in [-0.2, 0) is 11.2 Å². The van der Waals surface area contributed by atoms with Gasteiger partial charge in [-0.3, -0.25) is 4.79 Å². The van der Waals surface area contributed by atoms with E-state index in [-0.39, 0.29) is 11.3 Å². The minimum atomic E-state index is -0.0551. The van der Waals surface area contributed by atoms with Crippen LogP contribution in [0.15, 0.2) is 42.5 Å². The van der Waals surface area contributed by atoms with Gasteiger partial charge in [0.25, 0.3) is 0 Å². The number of halogens is 2. The van der Waals surface area contributed by atoms with Gasteiger partial charge in [0.05, 0.1) is 13.5 Å². The molecule has 0 bridgehead atoms. The van der Waals surface area contributed by atoms with Gasteiger partial charge in [0.15, 0.2) is 0 Å². The van der Waals surface area contributed by atoms with Crippen LogP contribution in [-0.4, -0.2) is 30.2 Å². The second-order valence-corrected chi connectivity index (χ2v) is 7.53. The first-order chi connectivity index (χ1) is 11.6. The van der Waals surface area contributed by atoms with E-state index in [2.05, 4.69) is 0 Å². The zero-order valence-corrected chi connectivity index (χ0v) is 15.5. The van der Waals surface area contributed by atoms with Gasteiger partial charge < -0.3 is 9.64 Å². The summed E-state index contributed by atoms with van der Waals surface area (Å²) in [5.41, 5.74) is 1.91. The highest BCUT2D eigenvalue weighted by Gasteiger charge is 2.31. The minimum absolute atomic E-state index is 0.0551. The molecule has 0 aromatic heterocycles. The first-order valence-corrected chi connectivity index (χ1v) is 9.38. The van der Waals surface area contributed by atoms with Gasteiger partial charge in [-0.25, -0.2) is 0 Å². The Balaban J connectivity index is 1.75. The van der Waals surface area contributed by atoms with Crippen LogP contribution < -0.4 is 4.74 Å². The Labute approximate surface area is 155 Å². The molecule has 1 atom stereocenters. The molecule has 1 saturated heterocycles. The molecular weight excluding hydrogens is 365 g/mol. The zero-order chi connectivity index (χ0) is 17.1. The molecule has 3 rings (SSSR count). The van der Waals surface area contributed by atoms with E-state index in [0.717, 1.165) is 29.2 Å². The number of hydrogen-bond acceptors (Lipinski definition) is 3. The molecule has 0 N–H and O–H groups in total. The smallest absolute Gasteiger partial charge is 0.228 e. The van der Waals surface area contributed by atoms with Crippen molar-refractivity contribution < 1.29 is 9.53 Å². The number of rotatable bonds is 4. The topological polar surface area (TPSA) is 29.5 Å². The van der Waals surface area contributed by atoms with Crippen LogP contribution >= 0.6 is 35.0 Å². The number of nitrogens with zero attached hydrogens (tertiary/aromatic N) is 1. The average Bonchev–Trinajstić information content (AvgIpc) is 3.05. The van der Waals surface area contributed by atoms with Crippen molar-refractivity contribution in [1.82, 2.24) is 4.90 Å². The van der Waals surface area contributed by atoms with Gasteiger partial charge in [-0.2, -0.15) is 0 Å². The average molecular weight is 382 g/mol. The van der Waals surface area contributed by atoms with E-state index in [1.807, 2.05) is 41.3 Å². The number of carbonyl (C=O) groups excluding carboxylic acids is 1. The fraction of sp³-hybridized carbons (Fsp3) is 0.278. The second kappa shape index (κ2) is 7.68. The third kappa shape index (κ3) is 3.82. The van der Waals surface area contributed by atoms with Crippen LogP contribution in [0.4, 0.5) is 0 Å². The molecule has 1 heterocycles. The van der Waals surface area contributed by atoms with Gasteiger partial charge >= 0.3 is 0 Å². The molecule has 2 aromatic carbocycles. The summed E-state index contributed by atoms with van der Waals surface area (Å²) in [5, 5.41) is 1.15. The number of methoxy groups -OCH3 is 1. The molecule has 0 spiro atoms. The Bertz CT molecular complexity index is 736. The SMILES string of the molecule is COc1ccc(CC(=O)N2CCSC2c2ccc(Cl)cc2Cl)cc1. The fourth-order valence-electron chi connectivity index (χ4n) is 2.70. The van der Waals surface area contributed by atoms with E-state index in [1.54, 1.807) is 24.9 Å². The van der Waals surface area contributed by atoms with Gasteiger partial charge in [0.2, 0.25) is 5.91 Å². The molecular formula is C18H17Cl2NO2S. The largest absolute Gasteiger partial charge is 0.497 e. The van der Waals surface area contributed by atoms with E-state index < -0.39 is 0 Å². The minimum Gasteiger partial charge on any atom is -0.497 e. The lowest BCUT2D eigenvalue weighted by Gasteiger charge is -2.25. The summed E-state index contributed by atoms with van der Waals surface area (Å²) >= 11 is 14.0. The molecule has 1 aliphatic rings. The predicted octanol–water partition coefficient (Wildman–Crippen LogP) is 4.82. The molecule has 6 heteroatoms. The Morgan fingerprint density at radius 2 is 2.00 bits per heavy atom. The molecule has 126 valence electrons. The van der Waals surface area contributed by atoms with Gasteiger partial charge in [0.1, 0.15) is 11.1 Å². The third-order valence-electron chi connectivity index (χ3n) is 3.95. The first-order valence-electron chi connectivity index (χ1n) is 7.57. The van der Waals surface area contributed by atoms with E-state index >= 15 is 0 Å². The lowest BCUT2D eigenvalue weighted by atomic mass is 10.1. The number of carbonyl (C=O) groups is 1. The molecule has 0 aliphatic carbocycles. The van der Waals surface area contributed by atoms with Gasteiger partial charge in [0, 0.05) is 27.9 Å². The van der Waals surface area contributed by atoms with Crippen molar-refractivity contribution in [3.8, 4) is 5.75 Å². The van der Waals surface area contributed by atoms with Crippen LogP contribution in [0.2, 0.25) is 10.0 Å². The molecule has 2 aromatic rings. The van der Waals surface area contributed by atoms with E-state index in [4.69, 9.17) is 27.9 Å². The maximum absolute atomic E-state index is 12.7. The van der Waals surface area contributed by atoms with Crippen molar-refractivity contribution in [2.75, 3.05) is 19.4 Å². The van der Waals surface area contributed by atoms with E-state index in [1.165, 1.54) is 0 Å². The summed E-state index contributed by atoms with van der Waals surface area (Å²) in [5.74, 6) is 1.78. The summed E-state index contributed by atoms with van der Waals surface area (Å²) in [6.45, 7) is 0.725. The maximum atomic E-state index is 12.7. The van der Waals surface area contributed by atoms with Crippen molar-refractivity contribution in [3.63, 3.8) is 0 Å². The Morgan fingerprint density at radius 3 is 2.67 bits per heavy atom. The lowest BCUT2D eigenvalue weighted by Crippen LogP contribution is -2.31. The quantitative estimate of drug-likeness (QED) is 0.760. The summed E-state index contributed by atoms with van der Waals surface area (Å²) in [7, 11) is 1.63. The molecule has 1 unspecified atom stereocenters. The summed E-state index contributed by atoms with van der Waals surface area (Å²) in [4.78, 5) is 14.6. The normalized spacial score (nSPS) is 17.1. The van der Waals surface area contributed by atoms with Crippen molar-refractivity contribution in [1.29, 1.82) is 0 Å². The number of hydrogen-bond donors (Lipinski definition) is 0. The van der Waals surface area contributed by atoms with Crippen molar-refractivity contribution in [2.45, 2.75) is 11.8 Å². The second-order valence-electron chi connectivity index (χ2n) is 5.50. The standard InChI is InChI=1S/C18H17Cl2NO2S/c1-23-14-5-2-12(3-6-14)10-17(22)21-8-9-24-18(21)15-7-4-13(19)11-16(15)20/h2-7,11,18H,8-10H2,1H3. The fourth-order valence-corrected chi connectivity index (χ4v) is 4.59. The monoisotopic (exact) mass is 381 g/mol. The number of thioether (sulfide) groups is 1. The summed E-state index contributed by atoms with van der Waals surface area (Å²) in [6.07, 6.45) is 0.367. The van der Waals surface area contributed by atoms with Crippen LogP contribution in [0.25, 0.3) is 0 Å². The van der Waals surface area contributed by atoms with Crippen molar-refractivity contribution in [3.05, 3.63) is 63.6 Å². The summed E-state index contributed by atoms with van der Waals surface area (Å²) in [6, 6.07) is 13.0. The van der Waals surface area contributed by atoms with Crippen molar-refractivity contribution >= 4 is 40.9 Å². The Morgan fingerprint density at radius 1 is 1.25 bits per heavy atom. The lowest BCUT2D eigenvalue weighted by molar-refractivity contribution is -0.130. The highest BCUT2D eigenvalue weighted by atomic mass is 35.5. The van der Waals surface area contributed by atoms with Crippen LogP contribution in [0.5, 0.6) is 5.75 Å². The maximum Gasteiger partial charge on any atom is 0.228 e. The molecule has 24 heavy (non-hydrogen) atoms. The molecule has 0 saturated carbocycles. The van der Waals surface area contributed by atoms with E-state index in [0.29, 0.717) is 16.5 Å². The molecule has 1 aliphatic heterocycles. The van der Waals surface area contributed by atoms with E-state index in [9.17, 15) is 4.79 Å². The van der Waals surface area contributed by atoms with Gasteiger partial charge in [-0.1, -0.05) is 41.4 Å². The number of ether oxygens (including phenoxy) is 1. The Hall–Kier alpha value is -1.36. The Kier molecular flexibility index (Phi) is 5.59. The highest BCUT2D eigenvalue weighted by Crippen LogP contribution is 2.41. The summed E-state index contributed by atoms with van der Waals surface area (Å²) < 4.78 is 5.15. The predicted molar refractivity (Wildman–Crippen MR) is 100 cm³/mol. The number of benzene rings is 2. The van der Waals surface area contributed by atoms with Crippen LogP contribution in [0.3, 0.4) is 0 Å². The van der Waals surface area contributed by atoms with Gasteiger partial charge in [-0.05, 0) is 29.8 Å². The third-order valence-corrected chi connectivity index (χ3v) is 5.76. The molecule has 1 fully saturated rings. The van der Waals surface area contributed by atoms with Crippen molar-refractivity contribution in [2.24, 2.45) is 0 Å². The molecule has 3 nitrogen and oxygen atoms in total. The van der Waals surface area contributed by atoms with Crippen LogP contribution in [0, 0.1) is 0 Å². The molecule has 0 radical (unpaired) electrons. The molecule has 1 amide bonds. The van der Waals surface area contributed by atoms with Crippen LogP contribution in [0.1, 0.15) is 16.5 Å². The number of amides is 1. The first kappa shape index (κ1) is 17.5. The highest BCUT2D eigenvalue weighted by molar-refractivity contribution is 7.99. The zero-order valence-electron chi connectivity index (χ0n) is 13.2. The van der Waals surface area contributed by atoms with Gasteiger partial charge in [-0.15, -0.1) is 11.8 Å².